The Morgan fingerprint density at radius 2 is 2.04 bits per heavy atom. The molecular formula is C19H18ClN5O. The lowest BCUT2D eigenvalue weighted by atomic mass is 10.1. The number of aryl methyl sites for hydroxylation is 1. The molecule has 1 amide bonds. The van der Waals surface area contributed by atoms with Crippen molar-refractivity contribution in [2.45, 2.75) is 31.7 Å². The molecule has 1 aromatic heterocycles. The van der Waals surface area contributed by atoms with Crippen LogP contribution in [-0.2, 0) is 11.2 Å². The van der Waals surface area contributed by atoms with Crippen LogP contribution in [0.5, 0.6) is 0 Å². The average Bonchev–Trinajstić information content (AvgIpc) is 3.37. The van der Waals surface area contributed by atoms with Crippen LogP contribution in [-0.4, -0.2) is 26.1 Å². The normalized spacial score (nSPS) is 13.6. The number of halogens is 1. The van der Waals surface area contributed by atoms with Gasteiger partial charge >= 0.3 is 0 Å². The minimum absolute atomic E-state index is 0.0380. The molecule has 7 heteroatoms. The minimum Gasteiger partial charge on any atom is -0.326 e. The number of carbonyl (C=O) groups excluding carboxylic acids is 1. The van der Waals surface area contributed by atoms with E-state index >= 15 is 0 Å². The van der Waals surface area contributed by atoms with Gasteiger partial charge in [-0.15, -0.1) is 5.10 Å². The summed E-state index contributed by atoms with van der Waals surface area (Å²) in [6.45, 7) is 0. The molecule has 26 heavy (non-hydrogen) atoms. The van der Waals surface area contributed by atoms with E-state index in [0.29, 0.717) is 23.9 Å². The molecule has 0 spiro atoms. The van der Waals surface area contributed by atoms with Gasteiger partial charge in [0.05, 0.1) is 6.04 Å². The molecule has 2 aromatic carbocycles. The number of benzene rings is 2. The maximum Gasteiger partial charge on any atom is 0.224 e. The van der Waals surface area contributed by atoms with Gasteiger partial charge in [-0.25, -0.2) is 4.68 Å². The Kier molecular flexibility index (Phi) is 4.67. The molecule has 1 heterocycles. The molecule has 0 aliphatic heterocycles. The van der Waals surface area contributed by atoms with Gasteiger partial charge in [0.2, 0.25) is 5.91 Å². The molecule has 0 bridgehead atoms. The lowest BCUT2D eigenvalue weighted by Crippen LogP contribution is -2.12. The average molecular weight is 368 g/mol. The second-order valence-electron chi connectivity index (χ2n) is 6.44. The molecule has 0 unspecified atom stereocenters. The first kappa shape index (κ1) is 16.7. The fourth-order valence-electron chi connectivity index (χ4n) is 2.86. The number of carbonyl (C=O) groups is 1. The third-order valence-corrected chi connectivity index (χ3v) is 4.55. The highest BCUT2D eigenvalue weighted by Crippen LogP contribution is 2.36. The van der Waals surface area contributed by atoms with Crippen molar-refractivity contribution in [3.05, 3.63) is 59.1 Å². The summed E-state index contributed by atoms with van der Waals surface area (Å²) in [5.41, 5.74) is 2.68. The first-order valence-corrected chi connectivity index (χ1v) is 8.99. The van der Waals surface area contributed by atoms with Crippen LogP contribution in [0.25, 0.3) is 11.4 Å². The predicted molar refractivity (Wildman–Crippen MR) is 99.9 cm³/mol. The summed E-state index contributed by atoms with van der Waals surface area (Å²) in [6.07, 6.45) is 3.26. The molecule has 1 aliphatic carbocycles. The number of nitrogens with zero attached hydrogens (tertiary/aromatic N) is 4. The van der Waals surface area contributed by atoms with Gasteiger partial charge in [-0.2, -0.15) is 0 Å². The zero-order chi connectivity index (χ0) is 17.9. The second kappa shape index (κ2) is 7.25. The van der Waals surface area contributed by atoms with E-state index < -0.39 is 0 Å². The van der Waals surface area contributed by atoms with Crippen LogP contribution in [0.15, 0.2) is 48.5 Å². The molecule has 1 saturated carbocycles. The van der Waals surface area contributed by atoms with E-state index in [4.69, 9.17) is 11.6 Å². The van der Waals surface area contributed by atoms with E-state index in [-0.39, 0.29) is 5.91 Å². The number of aromatic nitrogens is 4. The van der Waals surface area contributed by atoms with Crippen LogP contribution in [0, 0.1) is 0 Å². The first-order chi connectivity index (χ1) is 12.7. The molecule has 132 valence electrons. The highest BCUT2D eigenvalue weighted by Gasteiger charge is 2.28. The summed E-state index contributed by atoms with van der Waals surface area (Å²) in [7, 11) is 0. The lowest BCUT2D eigenvalue weighted by molar-refractivity contribution is -0.116. The van der Waals surface area contributed by atoms with E-state index in [1.54, 1.807) is 0 Å². The van der Waals surface area contributed by atoms with Crippen LogP contribution in [0.4, 0.5) is 5.69 Å². The summed E-state index contributed by atoms with van der Waals surface area (Å²) in [4.78, 5) is 12.3. The predicted octanol–water partition coefficient (Wildman–Crippen LogP) is 3.90. The molecule has 0 atom stereocenters. The van der Waals surface area contributed by atoms with Crippen molar-refractivity contribution >= 4 is 23.2 Å². The Bertz CT molecular complexity index is 935. The minimum atomic E-state index is -0.0380. The molecular weight excluding hydrogens is 350 g/mol. The van der Waals surface area contributed by atoms with E-state index in [9.17, 15) is 4.79 Å². The Hall–Kier alpha value is -2.73. The molecule has 4 rings (SSSR count). The van der Waals surface area contributed by atoms with E-state index in [0.717, 1.165) is 35.5 Å². The monoisotopic (exact) mass is 367 g/mol. The van der Waals surface area contributed by atoms with E-state index in [1.807, 2.05) is 53.2 Å². The van der Waals surface area contributed by atoms with Crippen molar-refractivity contribution in [2.24, 2.45) is 0 Å². The maximum atomic E-state index is 12.3. The van der Waals surface area contributed by atoms with E-state index in [2.05, 4.69) is 20.8 Å². The number of anilines is 1. The summed E-state index contributed by atoms with van der Waals surface area (Å²) >= 11 is 5.98. The molecule has 1 fully saturated rings. The van der Waals surface area contributed by atoms with Gasteiger partial charge in [0.15, 0.2) is 5.82 Å². The largest absolute Gasteiger partial charge is 0.326 e. The van der Waals surface area contributed by atoms with Crippen molar-refractivity contribution in [2.75, 3.05) is 5.32 Å². The quantitative estimate of drug-likeness (QED) is 0.717. The highest BCUT2D eigenvalue weighted by atomic mass is 35.5. The fourth-order valence-corrected chi connectivity index (χ4v) is 3.07. The Balaban J connectivity index is 1.42. The van der Waals surface area contributed by atoms with Crippen LogP contribution >= 0.6 is 11.6 Å². The summed E-state index contributed by atoms with van der Waals surface area (Å²) in [5.74, 6) is 0.700. The molecule has 0 saturated heterocycles. The van der Waals surface area contributed by atoms with Gasteiger partial charge in [-0.1, -0.05) is 35.9 Å². The third kappa shape index (κ3) is 3.91. The van der Waals surface area contributed by atoms with Crippen molar-refractivity contribution < 1.29 is 4.79 Å². The van der Waals surface area contributed by atoms with Crippen LogP contribution in [0.1, 0.15) is 30.9 Å². The number of nitrogens with one attached hydrogen (secondary N) is 1. The van der Waals surface area contributed by atoms with Crippen LogP contribution < -0.4 is 5.32 Å². The van der Waals surface area contributed by atoms with Crippen molar-refractivity contribution in [3.8, 4) is 11.4 Å². The Morgan fingerprint density at radius 3 is 2.85 bits per heavy atom. The smallest absolute Gasteiger partial charge is 0.224 e. The number of hydrogen-bond donors (Lipinski definition) is 1. The van der Waals surface area contributed by atoms with Crippen molar-refractivity contribution in [1.82, 2.24) is 20.2 Å². The Labute approximate surface area is 156 Å². The molecule has 6 nitrogen and oxygen atoms in total. The zero-order valence-electron chi connectivity index (χ0n) is 14.1. The SMILES string of the molecule is O=C(CCc1cccc(Cl)c1)Nc1cccc(-c2nnnn2C2CC2)c1. The summed E-state index contributed by atoms with van der Waals surface area (Å²) < 4.78 is 1.86. The van der Waals surface area contributed by atoms with Crippen molar-refractivity contribution in [1.29, 1.82) is 0 Å². The summed E-state index contributed by atoms with van der Waals surface area (Å²) in [5, 5.41) is 15.6. The molecule has 1 N–H and O–H groups in total. The molecule has 1 aliphatic rings. The van der Waals surface area contributed by atoms with Crippen LogP contribution in [0.3, 0.4) is 0 Å². The van der Waals surface area contributed by atoms with Gasteiger partial charge in [0.1, 0.15) is 0 Å². The number of rotatable bonds is 6. The lowest BCUT2D eigenvalue weighted by Gasteiger charge is -2.08. The standard InChI is InChI=1S/C19H18ClN5O/c20-15-5-1-3-13(11-15)7-10-18(26)21-16-6-2-4-14(12-16)19-22-23-24-25(19)17-8-9-17/h1-6,11-12,17H,7-10H2,(H,21,26). The van der Waals surface area contributed by atoms with E-state index in [1.165, 1.54) is 0 Å². The molecule has 3 aromatic rings. The summed E-state index contributed by atoms with van der Waals surface area (Å²) in [6, 6.07) is 15.6. The number of hydrogen-bond acceptors (Lipinski definition) is 4. The highest BCUT2D eigenvalue weighted by molar-refractivity contribution is 6.30. The number of tetrazole rings is 1. The molecule has 0 radical (unpaired) electrons. The van der Waals surface area contributed by atoms with Gasteiger partial charge in [0, 0.05) is 22.7 Å². The second-order valence-corrected chi connectivity index (χ2v) is 6.87. The van der Waals surface area contributed by atoms with Gasteiger partial charge in [0.25, 0.3) is 0 Å². The third-order valence-electron chi connectivity index (χ3n) is 4.32. The van der Waals surface area contributed by atoms with Gasteiger partial charge < -0.3 is 5.32 Å². The van der Waals surface area contributed by atoms with Gasteiger partial charge in [-0.05, 0) is 59.5 Å². The number of amides is 1. The Morgan fingerprint density at radius 1 is 1.19 bits per heavy atom. The maximum absolute atomic E-state index is 12.3. The van der Waals surface area contributed by atoms with Crippen molar-refractivity contribution in [3.63, 3.8) is 0 Å². The van der Waals surface area contributed by atoms with Crippen LogP contribution in [0.2, 0.25) is 5.02 Å². The van der Waals surface area contributed by atoms with Gasteiger partial charge in [-0.3, -0.25) is 4.79 Å². The fraction of sp³-hybridized carbons (Fsp3) is 0.263. The first-order valence-electron chi connectivity index (χ1n) is 8.61. The zero-order valence-corrected chi connectivity index (χ0v) is 14.9. The topological polar surface area (TPSA) is 72.7 Å².